The highest BCUT2D eigenvalue weighted by Crippen LogP contribution is 2.37. The molecule has 1 aliphatic rings. The van der Waals surface area contributed by atoms with Gasteiger partial charge >= 0.3 is 0 Å². The van der Waals surface area contributed by atoms with E-state index in [-0.39, 0.29) is 5.56 Å². The molecule has 0 bridgehead atoms. The number of benzene rings is 1. The zero-order valence-corrected chi connectivity index (χ0v) is 9.47. The Bertz CT molecular complexity index is 430. The molecule has 2 atom stereocenters. The fourth-order valence-corrected chi connectivity index (χ4v) is 2.15. The Kier molecular flexibility index (Phi) is 3.14. The van der Waals surface area contributed by atoms with E-state index < -0.39 is 29.1 Å². The van der Waals surface area contributed by atoms with Gasteiger partial charge in [0.15, 0.2) is 11.6 Å². The van der Waals surface area contributed by atoms with Crippen LogP contribution in [0.2, 0.25) is 0 Å². The van der Waals surface area contributed by atoms with Crippen molar-refractivity contribution in [3.8, 4) is 0 Å². The molecule has 1 aromatic rings. The highest BCUT2D eigenvalue weighted by molar-refractivity contribution is 5.25. The Morgan fingerprint density at radius 3 is 2.47 bits per heavy atom. The molecular weight excluding hydrogens is 231 g/mol. The number of hydrogen-bond acceptors (Lipinski definition) is 2. The molecule has 5 heteroatoms. The SMILES string of the molecule is CC1(C(N)c2cc(F)c(F)cc2F)CCCO1. The average molecular weight is 245 g/mol. The van der Waals surface area contributed by atoms with Crippen molar-refractivity contribution in [2.75, 3.05) is 6.61 Å². The van der Waals surface area contributed by atoms with E-state index in [1.165, 1.54) is 0 Å². The zero-order chi connectivity index (χ0) is 12.6. The van der Waals surface area contributed by atoms with Gasteiger partial charge in [-0.3, -0.25) is 0 Å². The van der Waals surface area contributed by atoms with Gasteiger partial charge in [0.2, 0.25) is 0 Å². The minimum atomic E-state index is -1.21. The second-order valence-corrected chi connectivity index (χ2v) is 4.53. The molecular formula is C12H14F3NO. The second kappa shape index (κ2) is 4.31. The Morgan fingerprint density at radius 2 is 1.88 bits per heavy atom. The summed E-state index contributed by atoms with van der Waals surface area (Å²) in [7, 11) is 0. The lowest BCUT2D eigenvalue weighted by Gasteiger charge is -2.30. The maximum atomic E-state index is 13.6. The van der Waals surface area contributed by atoms with Crippen molar-refractivity contribution in [2.24, 2.45) is 5.73 Å². The third kappa shape index (κ3) is 2.17. The molecule has 0 amide bonds. The average Bonchev–Trinajstić information content (AvgIpc) is 2.71. The van der Waals surface area contributed by atoms with Gasteiger partial charge in [0.25, 0.3) is 0 Å². The normalized spacial score (nSPS) is 26.2. The highest BCUT2D eigenvalue weighted by atomic mass is 19.2. The van der Waals surface area contributed by atoms with Crippen LogP contribution >= 0.6 is 0 Å². The van der Waals surface area contributed by atoms with Gasteiger partial charge in [0.05, 0.1) is 11.6 Å². The van der Waals surface area contributed by atoms with Crippen molar-refractivity contribution in [1.82, 2.24) is 0 Å². The summed E-state index contributed by atoms with van der Waals surface area (Å²) in [4.78, 5) is 0. The van der Waals surface area contributed by atoms with Crippen LogP contribution in [0.1, 0.15) is 31.4 Å². The minimum absolute atomic E-state index is 0.0479. The third-order valence-electron chi connectivity index (χ3n) is 3.28. The van der Waals surface area contributed by atoms with E-state index >= 15 is 0 Å². The summed E-state index contributed by atoms with van der Waals surface area (Å²) < 4.78 is 44.9. The molecule has 0 radical (unpaired) electrons. The molecule has 2 N–H and O–H groups in total. The lowest BCUT2D eigenvalue weighted by molar-refractivity contribution is -0.00267. The number of hydrogen-bond donors (Lipinski definition) is 1. The van der Waals surface area contributed by atoms with Crippen LogP contribution in [0.3, 0.4) is 0 Å². The van der Waals surface area contributed by atoms with Crippen LogP contribution in [-0.4, -0.2) is 12.2 Å². The summed E-state index contributed by atoms with van der Waals surface area (Å²) in [6.45, 7) is 2.31. The molecule has 1 aromatic carbocycles. The summed E-state index contributed by atoms with van der Waals surface area (Å²) in [5.74, 6) is -3.15. The van der Waals surface area contributed by atoms with E-state index in [0.29, 0.717) is 19.1 Å². The van der Waals surface area contributed by atoms with E-state index in [9.17, 15) is 13.2 Å². The van der Waals surface area contributed by atoms with Gasteiger partial charge in [-0.25, -0.2) is 13.2 Å². The van der Waals surface area contributed by atoms with Gasteiger partial charge in [-0.05, 0) is 25.8 Å². The predicted octanol–water partition coefficient (Wildman–Crippen LogP) is 2.67. The first kappa shape index (κ1) is 12.4. The molecule has 1 fully saturated rings. The molecule has 0 aromatic heterocycles. The molecule has 0 spiro atoms. The predicted molar refractivity (Wildman–Crippen MR) is 56.8 cm³/mol. The fourth-order valence-electron chi connectivity index (χ4n) is 2.15. The van der Waals surface area contributed by atoms with E-state index in [1.807, 2.05) is 0 Å². The van der Waals surface area contributed by atoms with Crippen molar-refractivity contribution in [1.29, 1.82) is 0 Å². The van der Waals surface area contributed by atoms with Crippen molar-refractivity contribution in [3.63, 3.8) is 0 Å². The van der Waals surface area contributed by atoms with Crippen molar-refractivity contribution < 1.29 is 17.9 Å². The number of nitrogens with two attached hydrogens (primary N) is 1. The largest absolute Gasteiger partial charge is 0.373 e. The van der Waals surface area contributed by atoms with Crippen LogP contribution in [0.5, 0.6) is 0 Å². The maximum absolute atomic E-state index is 13.6. The molecule has 0 aliphatic carbocycles. The molecule has 1 aliphatic heterocycles. The lowest BCUT2D eigenvalue weighted by atomic mass is 9.88. The van der Waals surface area contributed by atoms with E-state index in [0.717, 1.165) is 12.5 Å². The third-order valence-corrected chi connectivity index (χ3v) is 3.28. The first-order chi connectivity index (χ1) is 7.94. The van der Waals surface area contributed by atoms with E-state index in [2.05, 4.69) is 0 Å². The first-order valence-electron chi connectivity index (χ1n) is 5.48. The molecule has 1 heterocycles. The van der Waals surface area contributed by atoms with Gasteiger partial charge in [0, 0.05) is 18.2 Å². The Labute approximate surface area is 97.6 Å². The number of rotatable bonds is 2. The molecule has 2 rings (SSSR count). The van der Waals surface area contributed by atoms with Crippen LogP contribution in [-0.2, 0) is 4.74 Å². The van der Waals surface area contributed by atoms with Crippen LogP contribution in [0.25, 0.3) is 0 Å². The molecule has 2 unspecified atom stereocenters. The number of ether oxygens (including phenoxy) is 1. The molecule has 17 heavy (non-hydrogen) atoms. The van der Waals surface area contributed by atoms with Crippen LogP contribution in [0, 0.1) is 17.5 Å². The maximum Gasteiger partial charge on any atom is 0.161 e. The first-order valence-corrected chi connectivity index (χ1v) is 5.48. The summed E-state index contributed by atoms with van der Waals surface area (Å²) in [5, 5.41) is 0. The van der Waals surface area contributed by atoms with Gasteiger partial charge in [-0.1, -0.05) is 0 Å². The molecule has 2 nitrogen and oxygen atoms in total. The van der Waals surface area contributed by atoms with Gasteiger partial charge in [-0.2, -0.15) is 0 Å². The summed E-state index contributed by atoms with van der Waals surface area (Å²) in [6.07, 6.45) is 1.50. The Morgan fingerprint density at radius 1 is 1.24 bits per heavy atom. The molecule has 94 valence electrons. The Balaban J connectivity index is 2.36. The zero-order valence-electron chi connectivity index (χ0n) is 9.47. The monoisotopic (exact) mass is 245 g/mol. The van der Waals surface area contributed by atoms with Crippen molar-refractivity contribution in [2.45, 2.75) is 31.4 Å². The standard InChI is InChI=1S/C12H14F3NO/c1-12(3-2-4-17-12)11(16)7-5-9(14)10(15)6-8(7)13/h5-6,11H,2-4,16H2,1H3. The van der Waals surface area contributed by atoms with E-state index in [4.69, 9.17) is 10.5 Å². The number of halogens is 3. The topological polar surface area (TPSA) is 35.2 Å². The summed E-state index contributed by atoms with van der Waals surface area (Å²) in [6, 6.07) is 0.519. The Hall–Kier alpha value is -1.07. The summed E-state index contributed by atoms with van der Waals surface area (Å²) >= 11 is 0. The van der Waals surface area contributed by atoms with Gasteiger partial charge in [0.1, 0.15) is 5.82 Å². The fraction of sp³-hybridized carbons (Fsp3) is 0.500. The smallest absolute Gasteiger partial charge is 0.161 e. The van der Waals surface area contributed by atoms with Crippen molar-refractivity contribution >= 4 is 0 Å². The molecule has 0 saturated carbocycles. The lowest BCUT2D eigenvalue weighted by Crippen LogP contribution is -2.38. The quantitative estimate of drug-likeness (QED) is 0.813. The highest BCUT2D eigenvalue weighted by Gasteiger charge is 2.38. The van der Waals surface area contributed by atoms with Crippen LogP contribution < -0.4 is 5.73 Å². The minimum Gasteiger partial charge on any atom is -0.373 e. The van der Waals surface area contributed by atoms with Crippen LogP contribution in [0.15, 0.2) is 12.1 Å². The van der Waals surface area contributed by atoms with Gasteiger partial charge in [-0.15, -0.1) is 0 Å². The summed E-state index contributed by atoms with van der Waals surface area (Å²) in [5.41, 5.74) is 5.14. The van der Waals surface area contributed by atoms with Crippen LogP contribution in [0.4, 0.5) is 13.2 Å². The second-order valence-electron chi connectivity index (χ2n) is 4.53. The van der Waals surface area contributed by atoms with E-state index in [1.54, 1.807) is 6.92 Å². The van der Waals surface area contributed by atoms with Crippen molar-refractivity contribution in [3.05, 3.63) is 35.1 Å². The molecule has 1 saturated heterocycles. The van der Waals surface area contributed by atoms with Gasteiger partial charge < -0.3 is 10.5 Å².